The van der Waals surface area contributed by atoms with Crippen molar-refractivity contribution in [1.29, 1.82) is 5.41 Å². The number of ether oxygens (including phenoxy) is 1. The standard InChI is InChI=1S/C29H19BrCl3N3.C26H21BrN4.C3H7NO.C2H4O2/c30-27-23-18-24-19(17-26(34-24)29(31,32)33)16-25(23)36(35-27)28(20-10-4-1-5-11-20,21-12-6-2-7-13-21)22-14-8-3-9-15-22;27-25-21-16-22(28)23(29)17-24(21)31(30-25)26(18-10-4-1-5-11-18,19-12-6-2-7-13-19)20-14-8-3-9-15-20;1-3(4)5-2;1-2(3)4/h1-16,18H,17H2;1-17H,28-29H2;4H,1-2H3;1H3,(H,3,4). The summed E-state index contributed by atoms with van der Waals surface area (Å²) < 4.78 is 8.41. The van der Waals surface area contributed by atoms with Crippen molar-refractivity contribution in [3.8, 4) is 0 Å². The second-order valence-electron chi connectivity index (χ2n) is 17.5. The third kappa shape index (κ3) is 11.2. The van der Waals surface area contributed by atoms with Gasteiger partial charge in [0.05, 0.1) is 40.9 Å². The number of rotatable bonds is 8. The number of hydrogen-bond donors (Lipinski definition) is 4. The molecule has 76 heavy (non-hydrogen) atoms. The highest BCUT2D eigenvalue weighted by atomic mass is 79.9. The van der Waals surface area contributed by atoms with E-state index in [9.17, 15) is 0 Å². The van der Waals surface area contributed by atoms with E-state index in [0.717, 1.165) is 82.6 Å². The van der Waals surface area contributed by atoms with E-state index in [2.05, 4.69) is 203 Å². The topological polar surface area (TPSA) is 170 Å². The molecule has 1 aliphatic heterocycles. The number of aliphatic carboxylic acids is 1. The van der Waals surface area contributed by atoms with Crippen LogP contribution in [0.25, 0.3) is 21.8 Å². The van der Waals surface area contributed by atoms with Crippen LogP contribution in [-0.2, 0) is 27.0 Å². The van der Waals surface area contributed by atoms with E-state index in [0.29, 0.717) is 23.5 Å². The summed E-state index contributed by atoms with van der Waals surface area (Å²) in [6.07, 6.45) is 0.472. The minimum absolute atomic E-state index is 0.255. The fourth-order valence-electron chi connectivity index (χ4n) is 9.41. The van der Waals surface area contributed by atoms with Gasteiger partial charge in [-0.2, -0.15) is 10.2 Å². The van der Waals surface area contributed by atoms with E-state index < -0.39 is 20.8 Å². The van der Waals surface area contributed by atoms with E-state index in [-0.39, 0.29) is 5.90 Å². The molecule has 6 N–H and O–H groups in total. The Labute approximate surface area is 472 Å². The number of halogens is 5. The molecule has 16 heteroatoms. The van der Waals surface area contributed by atoms with Gasteiger partial charge in [0.15, 0.2) is 5.90 Å². The lowest BCUT2D eigenvalue weighted by Crippen LogP contribution is -2.38. The Bertz CT molecular complexity index is 3460. The molecule has 0 atom stereocenters. The average Bonchev–Trinajstić information content (AvgIpc) is 4.25. The van der Waals surface area contributed by atoms with E-state index in [1.54, 1.807) is 6.92 Å². The lowest BCUT2D eigenvalue weighted by Gasteiger charge is -2.37. The van der Waals surface area contributed by atoms with Crippen molar-refractivity contribution < 1.29 is 14.6 Å². The van der Waals surface area contributed by atoms with Crippen LogP contribution in [0.1, 0.15) is 52.8 Å². The van der Waals surface area contributed by atoms with E-state index in [1.807, 2.05) is 54.6 Å². The molecule has 8 aromatic carbocycles. The molecule has 0 saturated heterocycles. The molecule has 0 bridgehead atoms. The first kappa shape index (κ1) is 55.0. The van der Waals surface area contributed by atoms with Crippen molar-refractivity contribution in [2.24, 2.45) is 4.99 Å². The van der Waals surface area contributed by atoms with Gasteiger partial charge in [0.25, 0.3) is 5.97 Å². The normalized spacial score (nSPS) is 12.0. The van der Waals surface area contributed by atoms with Gasteiger partial charge in [0.1, 0.15) is 20.3 Å². The number of alkyl halides is 3. The number of carboxylic acids is 1. The van der Waals surface area contributed by atoms with Gasteiger partial charge in [0, 0.05) is 31.0 Å². The first-order chi connectivity index (χ1) is 36.5. The molecule has 2 aromatic heterocycles. The summed E-state index contributed by atoms with van der Waals surface area (Å²) >= 11 is 25.9. The second-order valence-corrected chi connectivity index (χ2v) is 21.3. The van der Waals surface area contributed by atoms with Crippen LogP contribution in [0.5, 0.6) is 0 Å². The summed E-state index contributed by atoms with van der Waals surface area (Å²) in [6.45, 7) is 2.67. The summed E-state index contributed by atoms with van der Waals surface area (Å²) in [4.78, 5) is 13.6. The van der Waals surface area contributed by atoms with Gasteiger partial charge in [-0.3, -0.25) is 15.2 Å². The third-order valence-corrected chi connectivity index (χ3v) is 14.5. The highest BCUT2D eigenvalue weighted by Crippen LogP contribution is 2.47. The molecular formula is C60H51Br2Cl3N8O3. The predicted octanol–water partition coefficient (Wildman–Crippen LogP) is 15.2. The largest absolute Gasteiger partial charge is 0.485 e. The van der Waals surface area contributed by atoms with E-state index in [1.165, 1.54) is 7.11 Å². The van der Waals surface area contributed by atoms with Crippen LogP contribution in [0, 0.1) is 5.41 Å². The van der Waals surface area contributed by atoms with Crippen LogP contribution in [-0.4, -0.2) is 53.1 Å². The Morgan fingerprint density at radius 2 is 0.855 bits per heavy atom. The minimum Gasteiger partial charge on any atom is -0.485 e. The van der Waals surface area contributed by atoms with Gasteiger partial charge in [-0.1, -0.05) is 217 Å². The lowest BCUT2D eigenvalue weighted by atomic mass is 9.77. The molecule has 0 saturated carbocycles. The summed E-state index contributed by atoms with van der Waals surface area (Å²) in [5.74, 6) is -0.579. The van der Waals surface area contributed by atoms with Crippen LogP contribution in [0.15, 0.2) is 220 Å². The first-order valence-electron chi connectivity index (χ1n) is 23.7. The van der Waals surface area contributed by atoms with Crippen molar-refractivity contribution in [2.45, 2.75) is 35.1 Å². The zero-order chi connectivity index (χ0) is 54.2. The summed E-state index contributed by atoms with van der Waals surface area (Å²) in [7, 11) is 1.47. The molecule has 11 rings (SSSR count). The number of nitrogens with one attached hydrogen (secondary N) is 1. The number of nitrogen functional groups attached to an aromatic ring is 2. The Balaban J connectivity index is 0.000000175. The summed E-state index contributed by atoms with van der Waals surface area (Å²) in [5, 5.41) is 25.9. The summed E-state index contributed by atoms with van der Waals surface area (Å²) in [6, 6.07) is 70.6. The van der Waals surface area contributed by atoms with Gasteiger partial charge in [-0.05, 0) is 95.1 Å². The number of carboxylic acid groups (broad SMARTS) is 1. The Morgan fingerprint density at radius 1 is 0.566 bits per heavy atom. The number of fused-ring (bicyclic) bond motifs is 3. The molecular weight excluding hydrogens is 1150 g/mol. The zero-order valence-electron chi connectivity index (χ0n) is 41.4. The molecule has 10 aromatic rings. The lowest BCUT2D eigenvalue weighted by molar-refractivity contribution is -0.134. The predicted molar refractivity (Wildman–Crippen MR) is 318 cm³/mol. The highest BCUT2D eigenvalue weighted by molar-refractivity contribution is 9.10. The molecule has 3 heterocycles. The monoisotopic (exact) mass is 1190 g/mol. The third-order valence-electron chi connectivity index (χ3n) is 12.7. The van der Waals surface area contributed by atoms with Gasteiger partial charge >= 0.3 is 0 Å². The Kier molecular flexibility index (Phi) is 17.2. The van der Waals surface area contributed by atoms with Crippen molar-refractivity contribution in [2.75, 3.05) is 18.6 Å². The van der Waals surface area contributed by atoms with Crippen molar-refractivity contribution in [3.05, 3.63) is 254 Å². The van der Waals surface area contributed by atoms with Gasteiger partial charge in [0.2, 0.25) is 3.79 Å². The fourth-order valence-corrected chi connectivity index (χ4v) is 10.7. The molecule has 0 radical (unpaired) electrons. The molecule has 0 aliphatic carbocycles. The van der Waals surface area contributed by atoms with E-state index >= 15 is 0 Å². The van der Waals surface area contributed by atoms with Crippen LogP contribution in [0.2, 0.25) is 0 Å². The van der Waals surface area contributed by atoms with Crippen LogP contribution in [0.4, 0.5) is 17.1 Å². The maximum atomic E-state index is 9.00. The quantitative estimate of drug-likeness (QED) is 0.0386. The second kappa shape index (κ2) is 23.7. The van der Waals surface area contributed by atoms with Gasteiger partial charge in [-0.25, -0.2) is 9.36 Å². The van der Waals surface area contributed by atoms with Crippen molar-refractivity contribution >= 4 is 123 Å². The Morgan fingerprint density at radius 3 is 1.16 bits per heavy atom. The molecule has 1 aliphatic rings. The number of nitrogens with two attached hydrogens (primary N) is 2. The number of methoxy groups -OCH3 is 1. The van der Waals surface area contributed by atoms with Crippen molar-refractivity contribution in [1.82, 2.24) is 19.6 Å². The van der Waals surface area contributed by atoms with E-state index in [4.69, 9.17) is 71.8 Å². The maximum Gasteiger partial charge on any atom is 0.300 e. The van der Waals surface area contributed by atoms with Gasteiger partial charge in [-0.15, -0.1) is 0 Å². The minimum atomic E-state index is -1.55. The van der Waals surface area contributed by atoms with Crippen LogP contribution < -0.4 is 11.5 Å². The number of aliphatic imine (C=N–C) groups is 1. The fraction of sp³-hybridized carbons (Fsp3) is 0.117. The number of anilines is 2. The SMILES string of the molecule is CC(=O)O.COC(C)=N.ClC(Cl)(Cl)C1=Nc2cc3c(Br)nn(C(c4ccccc4)(c4ccccc4)c4ccccc4)c3cc2C1.Nc1cc2c(Br)nn(C(c3ccccc3)(c3ccccc3)c3ccccc3)c2cc1N. The molecule has 0 unspecified atom stereocenters. The van der Waals surface area contributed by atoms with Crippen molar-refractivity contribution in [3.63, 3.8) is 0 Å². The maximum absolute atomic E-state index is 9.00. The van der Waals surface area contributed by atoms with Gasteiger partial charge < -0.3 is 21.3 Å². The first-order valence-corrected chi connectivity index (χ1v) is 26.5. The smallest absolute Gasteiger partial charge is 0.300 e. The van der Waals surface area contributed by atoms with Crippen LogP contribution in [0.3, 0.4) is 0 Å². The molecule has 0 amide bonds. The number of hydrogen-bond acceptors (Lipinski definition) is 8. The number of benzene rings is 8. The molecule has 0 fully saturated rings. The molecule has 384 valence electrons. The van der Waals surface area contributed by atoms with Crippen LogP contribution >= 0.6 is 66.7 Å². The highest BCUT2D eigenvalue weighted by Gasteiger charge is 2.43. The Hall–Kier alpha value is -7.26. The molecule has 0 spiro atoms. The molecule has 11 nitrogen and oxygen atoms in total. The number of carbonyl (C=O) groups is 1. The summed E-state index contributed by atoms with van der Waals surface area (Å²) in [5.41, 5.74) is 22.7. The average molecular weight is 1200 g/mol. The zero-order valence-corrected chi connectivity index (χ0v) is 46.8. The number of nitrogens with zero attached hydrogens (tertiary/aromatic N) is 5. The number of aromatic nitrogens is 4.